The lowest BCUT2D eigenvalue weighted by Gasteiger charge is -2.36. The molecule has 0 aliphatic rings. The summed E-state index contributed by atoms with van der Waals surface area (Å²) in [5.74, 6) is -0.824. The van der Waals surface area contributed by atoms with Gasteiger partial charge in [0.05, 0.1) is 6.61 Å². The fourth-order valence-corrected chi connectivity index (χ4v) is 1.59. The molecule has 0 saturated carbocycles. The van der Waals surface area contributed by atoms with Gasteiger partial charge in [-0.15, -0.1) is 0 Å². The molecule has 14 heavy (non-hydrogen) atoms. The Hall–Kier alpha value is -0.610. The zero-order chi connectivity index (χ0) is 11.2. The van der Waals surface area contributed by atoms with E-state index in [-0.39, 0.29) is 6.61 Å². The summed E-state index contributed by atoms with van der Waals surface area (Å²) in [5, 5.41) is 9.17. The van der Waals surface area contributed by atoms with Gasteiger partial charge in [0.2, 0.25) is 0 Å². The number of methoxy groups -OCH3 is 1. The Morgan fingerprint density at radius 1 is 1.50 bits per heavy atom. The second kappa shape index (κ2) is 5.98. The lowest BCUT2D eigenvalue weighted by atomic mass is 10.0. The molecule has 0 spiro atoms. The van der Waals surface area contributed by atoms with Crippen LogP contribution in [0.1, 0.15) is 27.2 Å². The summed E-state index contributed by atoms with van der Waals surface area (Å²) >= 11 is 0. The highest BCUT2D eigenvalue weighted by Gasteiger charge is 2.38. The SMILES string of the molecule is CCCN(CC)C(C)(COC)C(=O)O. The summed E-state index contributed by atoms with van der Waals surface area (Å²) in [6.07, 6.45) is 0.945. The van der Waals surface area contributed by atoms with Gasteiger partial charge in [0.15, 0.2) is 0 Å². The number of hydrogen-bond acceptors (Lipinski definition) is 3. The molecule has 0 fully saturated rings. The maximum Gasteiger partial charge on any atom is 0.326 e. The van der Waals surface area contributed by atoms with Gasteiger partial charge in [-0.1, -0.05) is 13.8 Å². The van der Waals surface area contributed by atoms with Crippen molar-refractivity contribution in [1.29, 1.82) is 0 Å². The lowest BCUT2D eigenvalue weighted by Crippen LogP contribution is -2.55. The highest BCUT2D eigenvalue weighted by atomic mass is 16.5. The van der Waals surface area contributed by atoms with E-state index in [2.05, 4.69) is 0 Å². The average molecular weight is 203 g/mol. The summed E-state index contributed by atoms with van der Waals surface area (Å²) in [6, 6.07) is 0. The van der Waals surface area contributed by atoms with Crippen LogP contribution < -0.4 is 0 Å². The second-order valence-corrected chi connectivity index (χ2v) is 3.59. The first-order valence-electron chi connectivity index (χ1n) is 5.00. The Balaban J connectivity index is 4.66. The molecule has 0 radical (unpaired) electrons. The molecule has 1 atom stereocenters. The van der Waals surface area contributed by atoms with Crippen LogP contribution in [0.4, 0.5) is 0 Å². The minimum Gasteiger partial charge on any atom is -0.480 e. The molecule has 0 aromatic carbocycles. The molecule has 0 amide bonds. The molecule has 0 saturated heterocycles. The molecule has 84 valence electrons. The van der Waals surface area contributed by atoms with Crippen LogP contribution in [0.5, 0.6) is 0 Å². The number of carboxylic acid groups (broad SMARTS) is 1. The molecule has 4 nitrogen and oxygen atoms in total. The van der Waals surface area contributed by atoms with E-state index in [1.165, 1.54) is 7.11 Å². The number of nitrogens with zero attached hydrogens (tertiary/aromatic N) is 1. The first kappa shape index (κ1) is 13.4. The van der Waals surface area contributed by atoms with Gasteiger partial charge < -0.3 is 9.84 Å². The Bertz CT molecular complexity index is 184. The number of carboxylic acids is 1. The largest absolute Gasteiger partial charge is 0.480 e. The third-order valence-corrected chi connectivity index (χ3v) is 2.46. The van der Waals surface area contributed by atoms with Crippen LogP contribution in [0, 0.1) is 0 Å². The number of aliphatic carboxylic acids is 1. The van der Waals surface area contributed by atoms with E-state index < -0.39 is 11.5 Å². The van der Waals surface area contributed by atoms with Gasteiger partial charge in [0.25, 0.3) is 0 Å². The van der Waals surface area contributed by atoms with Crippen molar-refractivity contribution in [1.82, 2.24) is 4.90 Å². The van der Waals surface area contributed by atoms with Gasteiger partial charge >= 0.3 is 5.97 Å². The van der Waals surface area contributed by atoms with Crippen molar-refractivity contribution in [2.24, 2.45) is 0 Å². The van der Waals surface area contributed by atoms with Gasteiger partial charge in [0.1, 0.15) is 5.54 Å². The van der Waals surface area contributed by atoms with E-state index in [4.69, 9.17) is 4.74 Å². The van der Waals surface area contributed by atoms with Crippen molar-refractivity contribution in [2.45, 2.75) is 32.7 Å². The predicted octanol–water partition coefficient (Wildman–Crippen LogP) is 1.21. The molecule has 0 aromatic heterocycles. The van der Waals surface area contributed by atoms with Crippen LogP contribution in [0.25, 0.3) is 0 Å². The number of rotatable bonds is 7. The molecular formula is C10H21NO3. The van der Waals surface area contributed by atoms with Gasteiger partial charge in [-0.25, -0.2) is 0 Å². The van der Waals surface area contributed by atoms with Gasteiger partial charge in [-0.05, 0) is 26.4 Å². The van der Waals surface area contributed by atoms with Crippen LogP contribution in [0.15, 0.2) is 0 Å². The third-order valence-electron chi connectivity index (χ3n) is 2.46. The van der Waals surface area contributed by atoms with E-state index in [1.807, 2.05) is 18.7 Å². The third kappa shape index (κ3) is 2.96. The van der Waals surface area contributed by atoms with E-state index in [9.17, 15) is 9.90 Å². The van der Waals surface area contributed by atoms with Crippen molar-refractivity contribution in [2.75, 3.05) is 26.8 Å². The fourth-order valence-electron chi connectivity index (χ4n) is 1.59. The molecule has 0 aliphatic heterocycles. The van der Waals surface area contributed by atoms with Crippen LogP contribution in [-0.2, 0) is 9.53 Å². The van der Waals surface area contributed by atoms with E-state index in [0.717, 1.165) is 19.5 Å². The molecule has 1 N–H and O–H groups in total. The molecule has 0 bridgehead atoms. The molecule has 4 heteroatoms. The maximum absolute atomic E-state index is 11.2. The summed E-state index contributed by atoms with van der Waals surface area (Å²) in [5.41, 5.74) is -0.903. The van der Waals surface area contributed by atoms with E-state index in [0.29, 0.717) is 0 Å². The summed E-state index contributed by atoms with van der Waals surface area (Å²) in [6.45, 7) is 7.43. The van der Waals surface area contributed by atoms with Crippen LogP contribution in [0.2, 0.25) is 0 Å². The Morgan fingerprint density at radius 3 is 2.36 bits per heavy atom. The monoisotopic (exact) mass is 203 g/mol. The number of likely N-dealkylation sites (N-methyl/N-ethyl adjacent to an activating group) is 1. The van der Waals surface area contributed by atoms with Crippen LogP contribution in [0.3, 0.4) is 0 Å². The summed E-state index contributed by atoms with van der Waals surface area (Å²) in [7, 11) is 1.53. The highest BCUT2D eigenvalue weighted by Crippen LogP contribution is 2.16. The molecular weight excluding hydrogens is 182 g/mol. The summed E-state index contributed by atoms with van der Waals surface area (Å²) < 4.78 is 4.97. The van der Waals surface area contributed by atoms with Crippen molar-refractivity contribution < 1.29 is 14.6 Å². The first-order chi connectivity index (χ1) is 6.52. The highest BCUT2D eigenvalue weighted by molar-refractivity contribution is 5.78. The topological polar surface area (TPSA) is 49.8 Å². The molecule has 0 aromatic rings. The Labute approximate surface area is 85.9 Å². The molecule has 1 unspecified atom stereocenters. The maximum atomic E-state index is 11.2. The van der Waals surface area contributed by atoms with Crippen molar-refractivity contribution >= 4 is 5.97 Å². The van der Waals surface area contributed by atoms with Crippen molar-refractivity contribution in [3.05, 3.63) is 0 Å². The Morgan fingerprint density at radius 2 is 2.07 bits per heavy atom. The zero-order valence-corrected chi connectivity index (χ0v) is 9.54. The number of hydrogen-bond donors (Lipinski definition) is 1. The predicted molar refractivity (Wildman–Crippen MR) is 55.5 cm³/mol. The van der Waals surface area contributed by atoms with Crippen LogP contribution in [-0.4, -0.2) is 48.3 Å². The van der Waals surface area contributed by atoms with Crippen molar-refractivity contribution in [3.8, 4) is 0 Å². The number of carbonyl (C=O) groups is 1. The standard InChI is InChI=1S/C10H21NO3/c1-5-7-11(6-2)10(3,8-14-4)9(12)13/h5-8H2,1-4H3,(H,12,13). The van der Waals surface area contributed by atoms with Gasteiger partial charge in [-0.2, -0.15) is 0 Å². The van der Waals surface area contributed by atoms with Gasteiger partial charge in [0, 0.05) is 7.11 Å². The van der Waals surface area contributed by atoms with E-state index >= 15 is 0 Å². The smallest absolute Gasteiger partial charge is 0.326 e. The zero-order valence-electron chi connectivity index (χ0n) is 9.54. The fraction of sp³-hybridized carbons (Fsp3) is 0.900. The average Bonchev–Trinajstić information content (AvgIpc) is 2.14. The molecule has 0 rings (SSSR count). The first-order valence-corrected chi connectivity index (χ1v) is 5.00. The lowest BCUT2D eigenvalue weighted by molar-refractivity contribution is -0.154. The minimum absolute atomic E-state index is 0.218. The Kier molecular flexibility index (Phi) is 5.72. The van der Waals surface area contributed by atoms with E-state index in [1.54, 1.807) is 6.92 Å². The van der Waals surface area contributed by atoms with Crippen molar-refractivity contribution in [3.63, 3.8) is 0 Å². The quantitative estimate of drug-likeness (QED) is 0.675. The normalized spacial score (nSPS) is 15.5. The summed E-state index contributed by atoms with van der Waals surface area (Å²) in [4.78, 5) is 13.1. The number of ether oxygens (including phenoxy) is 1. The van der Waals surface area contributed by atoms with Crippen LogP contribution >= 0.6 is 0 Å². The molecule has 0 heterocycles. The minimum atomic E-state index is -0.903. The van der Waals surface area contributed by atoms with Gasteiger partial charge in [-0.3, -0.25) is 9.69 Å². The second-order valence-electron chi connectivity index (χ2n) is 3.59. The molecule has 0 aliphatic carbocycles.